The highest BCUT2D eigenvalue weighted by Crippen LogP contribution is 2.32. The number of nitrogens with one attached hydrogen (secondary N) is 1. The Kier molecular flexibility index (Phi) is 4.85. The fraction of sp³-hybridized carbons (Fsp3) is 0.429. The first kappa shape index (κ1) is 17.9. The van der Waals surface area contributed by atoms with Crippen LogP contribution in [-0.4, -0.2) is 43.0 Å². The quantitative estimate of drug-likeness (QED) is 0.902. The van der Waals surface area contributed by atoms with Crippen molar-refractivity contribution in [2.45, 2.75) is 32.5 Å². The standard InChI is InChI=1S/C21H25N3O3/c1-15-3-4-16(2)18(13-15)23-20(25)17-5-6-19(22-14-17)24-9-7-21(8-10-24)26-11-12-27-21/h3-6,13-14H,7-12H2,1-2H3,(H,23,25). The SMILES string of the molecule is Cc1ccc(C)c(NC(=O)c2ccc(N3CCC4(CC3)OCCO4)nc2)c1. The van der Waals surface area contributed by atoms with Crippen molar-refractivity contribution in [3.05, 3.63) is 53.2 Å². The smallest absolute Gasteiger partial charge is 0.257 e. The summed E-state index contributed by atoms with van der Waals surface area (Å²) in [7, 11) is 0. The summed E-state index contributed by atoms with van der Waals surface area (Å²) in [5.41, 5.74) is 3.54. The third-order valence-corrected chi connectivity index (χ3v) is 5.31. The second kappa shape index (κ2) is 7.29. The van der Waals surface area contributed by atoms with Crippen molar-refractivity contribution in [2.24, 2.45) is 0 Å². The topological polar surface area (TPSA) is 63.7 Å². The van der Waals surface area contributed by atoms with Gasteiger partial charge in [-0.15, -0.1) is 0 Å². The molecule has 0 unspecified atom stereocenters. The van der Waals surface area contributed by atoms with Crippen LogP contribution in [0, 0.1) is 13.8 Å². The van der Waals surface area contributed by atoms with Crippen LogP contribution in [0.3, 0.4) is 0 Å². The van der Waals surface area contributed by atoms with Crippen molar-refractivity contribution in [3.63, 3.8) is 0 Å². The molecule has 2 aliphatic heterocycles. The summed E-state index contributed by atoms with van der Waals surface area (Å²) in [6.45, 7) is 7.03. The van der Waals surface area contributed by atoms with Crippen LogP contribution in [-0.2, 0) is 9.47 Å². The molecule has 3 heterocycles. The normalized spacial score (nSPS) is 18.7. The molecule has 1 spiro atoms. The first-order valence-electron chi connectivity index (χ1n) is 9.42. The van der Waals surface area contributed by atoms with E-state index in [1.54, 1.807) is 6.20 Å². The Labute approximate surface area is 159 Å². The second-order valence-corrected chi connectivity index (χ2v) is 7.27. The summed E-state index contributed by atoms with van der Waals surface area (Å²) < 4.78 is 11.5. The van der Waals surface area contributed by atoms with Gasteiger partial charge in [0.05, 0.1) is 18.8 Å². The molecule has 4 rings (SSSR count). The molecule has 1 aromatic carbocycles. The molecular weight excluding hydrogens is 342 g/mol. The Hall–Kier alpha value is -2.44. The molecule has 1 aromatic heterocycles. The molecule has 1 N–H and O–H groups in total. The number of hydrogen-bond acceptors (Lipinski definition) is 5. The largest absolute Gasteiger partial charge is 0.356 e. The highest BCUT2D eigenvalue weighted by molar-refractivity contribution is 6.04. The van der Waals surface area contributed by atoms with Gasteiger partial charge in [0, 0.05) is 37.8 Å². The molecule has 27 heavy (non-hydrogen) atoms. The molecule has 6 heteroatoms. The van der Waals surface area contributed by atoms with E-state index < -0.39 is 0 Å². The van der Waals surface area contributed by atoms with Gasteiger partial charge < -0.3 is 19.7 Å². The zero-order valence-electron chi connectivity index (χ0n) is 15.8. The number of anilines is 2. The number of carbonyl (C=O) groups is 1. The number of piperidine rings is 1. The Morgan fingerprint density at radius 1 is 1.11 bits per heavy atom. The van der Waals surface area contributed by atoms with Gasteiger partial charge in [0.2, 0.25) is 0 Å². The highest BCUT2D eigenvalue weighted by atomic mass is 16.7. The van der Waals surface area contributed by atoms with Crippen molar-refractivity contribution >= 4 is 17.4 Å². The predicted molar refractivity (Wildman–Crippen MR) is 104 cm³/mol. The van der Waals surface area contributed by atoms with Gasteiger partial charge in [0.1, 0.15) is 5.82 Å². The van der Waals surface area contributed by atoms with Crippen LogP contribution < -0.4 is 10.2 Å². The first-order valence-corrected chi connectivity index (χ1v) is 9.42. The molecule has 2 fully saturated rings. The van der Waals surface area contributed by atoms with Crippen molar-refractivity contribution in [2.75, 3.05) is 36.5 Å². The zero-order valence-corrected chi connectivity index (χ0v) is 15.8. The third kappa shape index (κ3) is 3.82. The van der Waals surface area contributed by atoms with Crippen molar-refractivity contribution in [1.82, 2.24) is 4.98 Å². The number of rotatable bonds is 3. The van der Waals surface area contributed by atoms with Gasteiger partial charge in [-0.25, -0.2) is 4.98 Å². The number of ether oxygens (including phenoxy) is 2. The van der Waals surface area contributed by atoms with Gasteiger partial charge >= 0.3 is 0 Å². The molecule has 0 saturated carbocycles. The van der Waals surface area contributed by atoms with Crippen LogP contribution in [0.25, 0.3) is 0 Å². The number of nitrogens with zero attached hydrogens (tertiary/aromatic N) is 2. The van der Waals surface area contributed by atoms with Gasteiger partial charge in [-0.1, -0.05) is 12.1 Å². The van der Waals surface area contributed by atoms with Crippen molar-refractivity contribution < 1.29 is 14.3 Å². The van der Waals surface area contributed by atoms with E-state index in [2.05, 4.69) is 15.2 Å². The minimum Gasteiger partial charge on any atom is -0.356 e. The molecule has 2 saturated heterocycles. The van der Waals surface area contributed by atoms with Crippen LogP contribution in [0.4, 0.5) is 11.5 Å². The zero-order chi connectivity index (χ0) is 18.9. The fourth-order valence-corrected chi connectivity index (χ4v) is 3.63. The summed E-state index contributed by atoms with van der Waals surface area (Å²) in [6.07, 6.45) is 3.32. The Morgan fingerprint density at radius 2 is 1.85 bits per heavy atom. The Bertz CT molecular complexity index is 819. The summed E-state index contributed by atoms with van der Waals surface area (Å²) in [4.78, 5) is 19.3. The lowest BCUT2D eigenvalue weighted by Gasteiger charge is -2.38. The van der Waals surface area contributed by atoms with Crippen LogP contribution >= 0.6 is 0 Å². The average Bonchev–Trinajstić information content (AvgIpc) is 3.13. The van der Waals surface area contributed by atoms with E-state index in [4.69, 9.17) is 9.47 Å². The molecule has 0 bridgehead atoms. The molecule has 6 nitrogen and oxygen atoms in total. The molecule has 0 radical (unpaired) electrons. The lowest BCUT2D eigenvalue weighted by atomic mass is 10.0. The van der Waals surface area contributed by atoms with E-state index in [1.807, 2.05) is 44.2 Å². The summed E-state index contributed by atoms with van der Waals surface area (Å²) in [5, 5.41) is 2.97. The van der Waals surface area contributed by atoms with Gasteiger partial charge in [0.15, 0.2) is 5.79 Å². The molecule has 0 aliphatic carbocycles. The van der Waals surface area contributed by atoms with Crippen LogP contribution in [0.1, 0.15) is 34.3 Å². The van der Waals surface area contributed by atoms with Crippen LogP contribution in [0.5, 0.6) is 0 Å². The van der Waals surface area contributed by atoms with Crippen LogP contribution in [0.2, 0.25) is 0 Å². The van der Waals surface area contributed by atoms with Crippen molar-refractivity contribution in [1.29, 1.82) is 0 Å². The summed E-state index contributed by atoms with van der Waals surface area (Å²) >= 11 is 0. The maximum absolute atomic E-state index is 12.5. The number of amides is 1. The van der Waals surface area contributed by atoms with Gasteiger partial charge in [-0.3, -0.25) is 4.79 Å². The summed E-state index contributed by atoms with van der Waals surface area (Å²) in [6, 6.07) is 9.76. The molecule has 2 aromatic rings. The van der Waals surface area contributed by atoms with Gasteiger partial charge in [-0.2, -0.15) is 0 Å². The molecule has 1 amide bonds. The third-order valence-electron chi connectivity index (χ3n) is 5.31. The van der Waals surface area contributed by atoms with E-state index in [1.165, 1.54) is 0 Å². The van der Waals surface area contributed by atoms with E-state index in [-0.39, 0.29) is 11.7 Å². The predicted octanol–water partition coefficient (Wildman–Crippen LogP) is 3.29. The van der Waals surface area contributed by atoms with Gasteiger partial charge in [0.25, 0.3) is 5.91 Å². The van der Waals surface area contributed by atoms with E-state index >= 15 is 0 Å². The fourth-order valence-electron chi connectivity index (χ4n) is 3.63. The number of benzene rings is 1. The van der Waals surface area contributed by atoms with Crippen molar-refractivity contribution in [3.8, 4) is 0 Å². The Balaban J connectivity index is 1.40. The number of aryl methyl sites for hydroxylation is 2. The Morgan fingerprint density at radius 3 is 2.52 bits per heavy atom. The highest BCUT2D eigenvalue weighted by Gasteiger charge is 2.40. The number of aromatic nitrogens is 1. The summed E-state index contributed by atoms with van der Waals surface area (Å²) in [5.74, 6) is 0.348. The average molecular weight is 367 g/mol. The second-order valence-electron chi connectivity index (χ2n) is 7.27. The van der Waals surface area contributed by atoms with E-state index in [0.29, 0.717) is 18.8 Å². The van der Waals surface area contributed by atoms with E-state index in [0.717, 1.165) is 48.6 Å². The minimum atomic E-state index is -0.387. The molecule has 0 atom stereocenters. The lowest BCUT2D eigenvalue weighted by Crippen LogP contribution is -2.45. The van der Waals surface area contributed by atoms with Gasteiger partial charge in [-0.05, 0) is 43.2 Å². The first-order chi connectivity index (χ1) is 13.0. The van der Waals surface area contributed by atoms with E-state index in [9.17, 15) is 4.79 Å². The number of hydrogen-bond donors (Lipinski definition) is 1. The van der Waals surface area contributed by atoms with Crippen LogP contribution in [0.15, 0.2) is 36.5 Å². The monoisotopic (exact) mass is 367 g/mol. The molecule has 142 valence electrons. The number of pyridine rings is 1. The maximum atomic E-state index is 12.5. The molecule has 2 aliphatic rings. The maximum Gasteiger partial charge on any atom is 0.257 e. The lowest BCUT2D eigenvalue weighted by molar-refractivity contribution is -0.169. The minimum absolute atomic E-state index is 0.145. The number of carbonyl (C=O) groups excluding carboxylic acids is 1. The molecular formula is C21H25N3O3.